The molecule has 150 valence electrons. The summed E-state index contributed by atoms with van der Waals surface area (Å²) >= 11 is 1.35. The average Bonchev–Trinajstić information content (AvgIpc) is 3.17. The van der Waals surface area contributed by atoms with E-state index in [0.717, 1.165) is 28.8 Å². The number of nitrogens with zero attached hydrogens (tertiary/aromatic N) is 2. The molecule has 1 aromatic heterocycles. The van der Waals surface area contributed by atoms with Crippen molar-refractivity contribution in [3.63, 3.8) is 0 Å². The number of esters is 1. The molecule has 0 atom stereocenters. The summed E-state index contributed by atoms with van der Waals surface area (Å²) in [7, 11) is 0. The second kappa shape index (κ2) is 9.01. The molecule has 0 radical (unpaired) electrons. The SMILES string of the molecule is CCc1ccccc1N(C(C)=O)c1nc(COC(=O)c2ccc(C)c(C)c2)cs1. The second-order valence-corrected chi connectivity index (χ2v) is 7.67. The van der Waals surface area contributed by atoms with Crippen LogP contribution in [0.2, 0.25) is 0 Å². The van der Waals surface area contributed by atoms with Crippen molar-refractivity contribution in [2.24, 2.45) is 0 Å². The summed E-state index contributed by atoms with van der Waals surface area (Å²) in [5.41, 5.74) is 5.20. The van der Waals surface area contributed by atoms with Gasteiger partial charge in [-0.1, -0.05) is 31.2 Å². The van der Waals surface area contributed by atoms with E-state index in [1.807, 2.05) is 55.6 Å². The van der Waals surface area contributed by atoms with Crippen LogP contribution in [0.3, 0.4) is 0 Å². The zero-order chi connectivity index (χ0) is 21.0. The fourth-order valence-corrected chi connectivity index (χ4v) is 3.86. The number of aryl methyl sites for hydroxylation is 3. The second-order valence-electron chi connectivity index (χ2n) is 6.83. The molecule has 0 spiro atoms. The van der Waals surface area contributed by atoms with E-state index >= 15 is 0 Å². The van der Waals surface area contributed by atoms with Crippen LogP contribution in [0.1, 0.15) is 46.6 Å². The summed E-state index contributed by atoms with van der Waals surface area (Å²) in [4.78, 5) is 30.8. The van der Waals surface area contributed by atoms with Gasteiger partial charge in [0.15, 0.2) is 5.13 Å². The first-order valence-electron chi connectivity index (χ1n) is 9.48. The molecule has 2 aromatic carbocycles. The molecule has 0 bridgehead atoms. The minimum absolute atomic E-state index is 0.0590. The predicted molar refractivity (Wildman–Crippen MR) is 116 cm³/mol. The standard InChI is InChI=1S/C23H24N2O3S/c1-5-18-8-6-7-9-21(18)25(17(4)26)23-24-20(14-29-23)13-28-22(27)19-11-10-15(2)16(3)12-19/h6-12,14H,5,13H2,1-4H3. The normalized spacial score (nSPS) is 10.6. The Morgan fingerprint density at radius 2 is 1.86 bits per heavy atom. The molecule has 0 saturated heterocycles. The number of carbonyl (C=O) groups excluding carboxylic acids is 2. The molecule has 0 aliphatic heterocycles. The number of anilines is 2. The maximum Gasteiger partial charge on any atom is 0.338 e. The van der Waals surface area contributed by atoms with Gasteiger partial charge in [0.2, 0.25) is 5.91 Å². The van der Waals surface area contributed by atoms with Crippen LogP contribution in [0.4, 0.5) is 10.8 Å². The zero-order valence-corrected chi connectivity index (χ0v) is 17.9. The molecule has 3 aromatic rings. The number of thiazole rings is 1. The average molecular weight is 409 g/mol. The molecule has 0 aliphatic rings. The lowest BCUT2D eigenvalue weighted by Gasteiger charge is -2.20. The van der Waals surface area contributed by atoms with Gasteiger partial charge in [0.25, 0.3) is 0 Å². The molecule has 6 heteroatoms. The number of para-hydroxylation sites is 1. The number of ether oxygens (including phenoxy) is 1. The Morgan fingerprint density at radius 1 is 1.10 bits per heavy atom. The molecule has 29 heavy (non-hydrogen) atoms. The van der Waals surface area contributed by atoms with Crippen molar-refractivity contribution in [3.8, 4) is 0 Å². The highest BCUT2D eigenvalue weighted by atomic mass is 32.1. The highest BCUT2D eigenvalue weighted by Crippen LogP contribution is 2.32. The summed E-state index contributed by atoms with van der Waals surface area (Å²) in [5, 5.41) is 2.38. The number of benzene rings is 2. The molecule has 0 N–H and O–H groups in total. The Morgan fingerprint density at radius 3 is 2.55 bits per heavy atom. The third-order valence-corrected chi connectivity index (χ3v) is 5.63. The highest BCUT2D eigenvalue weighted by Gasteiger charge is 2.20. The first kappa shape index (κ1) is 20.7. The monoisotopic (exact) mass is 408 g/mol. The molecule has 1 heterocycles. The Balaban J connectivity index is 1.76. The quantitative estimate of drug-likeness (QED) is 0.515. The topological polar surface area (TPSA) is 59.5 Å². The van der Waals surface area contributed by atoms with Gasteiger partial charge in [-0.3, -0.25) is 9.69 Å². The fraction of sp³-hybridized carbons (Fsp3) is 0.261. The maximum absolute atomic E-state index is 12.3. The summed E-state index contributed by atoms with van der Waals surface area (Å²) in [6, 6.07) is 13.3. The number of rotatable bonds is 6. The first-order chi connectivity index (χ1) is 13.9. The van der Waals surface area contributed by atoms with Crippen LogP contribution in [0.25, 0.3) is 0 Å². The van der Waals surface area contributed by atoms with Crippen molar-refractivity contribution < 1.29 is 14.3 Å². The summed E-state index contributed by atoms with van der Waals surface area (Å²) < 4.78 is 5.41. The van der Waals surface area contributed by atoms with Gasteiger partial charge in [-0.05, 0) is 55.2 Å². The Hall–Kier alpha value is -2.99. The van der Waals surface area contributed by atoms with Crippen LogP contribution in [0.15, 0.2) is 47.8 Å². The van der Waals surface area contributed by atoms with E-state index in [-0.39, 0.29) is 18.5 Å². The van der Waals surface area contributed by atoms with E-state index < -0.39 is 0 Å². The first-order valence-corrected chi connectivity index (χ1v) is 10.4. The van der Waals surface area contributed by atoms with E-state index in [1.165, 1.54) is 18.3 Å². The van der Waals surface area contributed by atoms with E-state index in [9.17, 15) is 9.59 Å². The van der Waals surface area contributed by atoms with Crippen LogP contribution in [-0.4, -0.2) is 16.9 Å². The molecule has 5 nitrogen and oxygen atoms in total. The largest absolute Gasteiger partial charge is 0.456 e. The number of amides is 1. The van der Waals surface area contributed by atoms with Crippen LogP contribution >= 0.6 is 11.3 Å². The van der Waals surface area contributed by atoms with Crippen LogP contribution in [0.5, 0.6) is 0 Å². The number of hydrogen-bond acceptors (Lipinski definition) is 5. The lowest BCUT2D eigenvalue weighted by molar-refractivity contribution is -0.115. The molecule has 0 unspecified atom stereocenters. The van der Waals surface area contributed by atoms with Crippen LogP contribution in [-0.2, 0) is 22.6 Å². The van der Waals surface area contributed by atoms with Crippen molar-refractivity contribution in [1.29, 1.82) is 0 Å². The Labute approximate surface area is 175 Å². The van der Waals surface area contributed by atoms with Gasteiger partial charge < -0.3 is 4.74 Å². The van der Waals surface area contributed by atoms with Crippen LogP contribution in [0, 0.1) is 13.8 Å². The zero-order valence-electron chi connectivity index (χ0n) is 17.1. The highest BCUT2D eigenvalue weighted by molar-refractivity contribution is 7.14. The lowest BCUT2D eigenvalue weighted by Crippen LogP contribution is -2.23. The molecular formula is C23H24N2O3S. The van der Waals surface area contributed by atoms with Gasteiger partial charge in [0.1, 0.15) is 6.61 Å². The molecular weight excluding hydrogens is 384 g/mol. The van der Waals surface area contributed by atoms with Gasteiger partial charge in [-0.25, -0.2) is 9.78 Å². The van der Waals surface area contributed by atoms with Crippen molar-refractivity contribution in [3.05, 3.63) is 75.8 Å². The predicted octanol–water partition coefficient (Wildman–Crippen LogP) is 5.36. The summed E-state index contributed by atoms with van der Waals surface area (Å²) in [6.45, 7) is 7.59. The van der Waals surface area contributed by atoms with Crippen molar-refractivity contribution in [1.82, 2.24) is 4.98 Å². The number of aromatic nitrogens is 1. The molecule has 0 fully saturated rings. The van der Waals surface area contributed by atoms with Crippen molar-refractivity contribution in [2.75, 3.05) is 4.90 Å². The minimum atomic E-state index is -0.387. The molecule has 0 aliphatic carbocycles. The van der Waals surface area contributed by atoms with E-state index in [4.69, 9.17) is 4.74 Å². The summed E-state index contributed by atoms with van der Waals surface area (Å²) in [6.07, 6.45) is 0.811. The van der Waals surface area contributed by atoms with E-state index in [0.29, 0.717) is 16.4 Å². The fourth-order valence-electron chi connectivity index (χ4n) is 2.99. The van der Waals surface area contributed by atoms with Gasteiger partial charge in [0.05, 0.1) is 16.9 Å². The third-order valence-electron chi connectivity index (χ3n) is 4.75. The van der Waals surface area contributed by atoms with Gasteiger partial charge >= 0.3 is 5.97 Å². The summed E-state index contributed by atoms with van der Waals surface area (Å²) in [5.74, 6) is -0.499. The number of carbonyl (C=O) groups is 2. The Bertz CT molecular complexity index is 1040. The van der Waals surface area contributed by atoms with Crippen molar-refractivity contribution in [2.45, 2.75) is 40.7 Å². The molecule has 0 saturated carbocycles. The van der Waals surface area contributed by atoms with Gasteiger partial charge in [-0.2, -0.15) is 0 Å². The maximum atomic E-state index is 12.3. The van der Waals surface area contributed by atoms with Gasteiger partial charge in [-0.15, -0.1) is 11.3 Å². The smallest absolute Gasteiger partial charge is 0.338 e. The van der Waals surface area contributed by atoms with Crippen LogP contribution < -0.4 is 4.90 Å². The number of hydrogen-bond donors (Lipinski definition) is 0. The molecule has 3 rings (SSSR count). The molecule has 1 amide bonds. The lowest BCUT2D eigenvalue weighted by atomic mass is 10.1. The van der Waals surface area contributed by atoms with E-state index in [2.05, 4.69) is 11.9 Å². The van der Waals surface area contributed by atoms with Crippen molar-refractivity contribution >= 4 is 34.0 Å². The Kier molecular flexibility index (Phi) is 6.44. The third kappa shape index (κ3) is 4.71. The minimum Gasteiger partial charge on any atom is -0.456 e. The van der Waals surface area contributed by atoms with Gasteiger partial charge in [0, 0.05) is 12.3 Å². The van der Waals surface area contributed by atoms with E-state index in [1.54, 1.807) is 11.0 Å².